The first-order chi connectivity index (χ1) is 15.1. The highest BCUT2D eigenvalue weighted by atomic mass is 32.1. The molecule has 2 aromatic rings. The number of hydrogen-bond donors (Lipinski definition) is 1. The van der Waals surface area contributed by atoms with E-state index >= 15 is 0 Å². The summed E-state index contributed by atoms with van der Waals surface area (Å²) in [6, 6.07) is 0.125. The van der Waals surface area contributed by atoms with Crippen molar-refractivity contribution in [3.63, 3.8) is 0 Å². The van der Waals surface area contributed by atoms with Crippen LogP contribution in [-0.4, -0.2) is 56.8 Å². The number of hydrogen-bond acceptors (Lipinski definition) is 7. The normalized spacial score (nSPS) is 23.1. The molecule has 0 bridgehead atoms. The van der Waals surface area contributed by atoms with Gasteiger partial charge < -0.3 is 19.5 Å². The first kappa shape index (κ1) is 22.8. The molecule has 0 aromatic carbocycles. The number of ether oxygens (including phenoxy) is 2. The highest BCUT2D eigenvalue weighted by molar-refractivity contribution is 7.19. The zero-order valence-electron chi connectivity index (χ0n) is 19.1. The number of amides is 1. The number of carbonyl (C=O) groups is 2. The third-order valence-electron chi connectivity index (χ3n) is 6.27. The van der Waals surface area contributed by atoms with E-state index in [1.807, 2.05) is 20.8 Å². The van der Waals surface area contributed by atoms with Gasteiger partial charge in [-0.15, -0.1) is 11.3 Å². The molecule has 1 amide bonds. The fourth-order valence-electron chi connectivity index (χ4n) is 4.74. The summed E-state index contributed by atoms with van der Waals surface area (Å²) in [5.74, 6) is -0.231. The Hall–Kier alpha value is -2.42. The molecule has 9 heteroatoms. The van der Waals surface area contributed by atoms with Gasteiger partial charge in [-0.05, 0) is 70.8 Å². The van der Waals surface area contributed by atoms with Crippen LogP contribution in [0.4, 0.5) is 4.79 Å². The number of carbonyl (C=O) groups excluding carboxylic acids is 1. The monoisotopic (exact) mass is 461 g/mol. The van der Waals surface area contributed by atoms with E-state index < -0.39 is 11.6 Å². The third-order valence-corrected chi connectivity index (χ3v) is 7.44. The van der Waals surface area contributed by atoms with Crippen LogP contribution < -0.4 is 4.74 Å². The van der Waals surface area contributed by atoms with Crippen LogP contribution in [0.1, 0.15) is 75.7 Å². The Balaban J connectivity index is 1.44. The average molecular weight is 462 g/mol. The van der Waals surface area contributed by atoms with Crippen LogP contribution in [0, 0.1) is 0 Å². The van der Waals surface area contributed by atoms with E-state index in [2.05, 4.69) is 9.97 Å². The van der Waals surface area contributed by atoms with Gasteiger partial charge in [0.15, 0.2) is 0 Å². The van der Waals surface area contributed by atoms with E-state index in [4.69, 9.17) is 9.47 Å². The maximum absolute atomic E-state index is 12.4. The molecule has 2 heterocycles. The molecule has 0 saturated heterocycles. The molecule has 1 atom stereocenters. The zero-order valence-corrected chi connectivity index (χ0v) is 19.9. The lowest BCUT2D eigenvalue weighted by atomic mass is 9.92. The minimum Gasteiger partial charge on any atom is -0.481 e. The van der Waals surface area contributed by atoms with Crippen molar-refractivity contribution in [3.8, 4) is 5.88 Å². The van der Waals surface area contributed by atoms with Crippen molar-refractivity contribution in [3.05, 3.63) is 16.8 Å². The molecule has 2 aromatic heterocycles. The fraction of sp³-hybridized carbons (Fsp3) is 0.652. The van der Waals surface area contributed by atoms with Gasteiger partial charge in [-0.1, -0.05) is 0 Å². The number of rotatable bonds is 5. The first-order valence-corrected chi connectivity index (χ1v) is 12.0. The first-order valence-electron chi connectivity index (χ1n) is 11.2. The van der Waals surface area contributed by atoms with Crippen molar-refractivity contribution >= 4 is 33.6 Å². The van der Waals surface area contributed by atoms with Crippen LogP contribution in [0.15, 0.2) is 6.33 Å². The molecule has 174 valence electrons. The van der Waals surface area contributed by atoms with Crippen molar-refractivity contribution in [1.82, 2.24) is 14.9 Å². The Bertz CT molecular complexity index is 1010. The summed E-state index contributed by atoms with van der Waals surface area (Å²) in [6.07, 6.45) is 6.38. The van der Waals surface area contributed by atoms with Gasteiger partial charge in [-0.2, -0.15) is 0 Å². The molecular formula is C23H31N3O5S. The molecule has 1 N–H and O–H groups in total. The lowest BCUT2D eigenvalue weighted by molar-refractivity contribution is -0.137. The number of carboxylic acid groups (broad SMARTS) is 1. The van der Waals surface area contributed by atoms with Crippen LogP contribution in [0.3, 0.4) is 0 Å². The molecule has 0 spiro atoms. The highest BCUT2D eigenvalue weighted by Gasteiger charge is 2.33. The maximum Gasteiger partial charge on any atom is 0.410 e. The summed E-state index contributed by atoms with van der Waals surface area (Å²) < 4.78 is 11.8. The van der Waals surface area contributed by atoms with Crippen LogP contribution in [0.5, 0.6) is 5.88 Å². The van der Waals surface area contributed by atoms with Gasteiger partial charge in [-0.3, -0.25) is 4.79 Å². The largest absolute Gasteiger partial charge is 0.481 e. The number of aryl methyl sites for hydroxylation is 1. The van der Waals surface area contributed by atoms with Crippen molar-refractivity contribution in [2.24, 2.45) is 0 Å². The summed E-state index contributed by atoms with van der Waals surface area (Å²) in [4.78, 5) is 36.3. The van der Waals surface area contributed by atoms with E-state index in [1.54, 1.807) is 23.3 Å². The smallest absolute Gasteiger partial charge is 0.410 e. The summed E-state index contributed by atoms with van der Waals surface area (Å²) in [6.45, 7) is 5.61. The molecule has 1 fully saturated rings. The summed E-state index contributed by atoms with van der Waals surface area (Å²) in [5.41, 5.74) is 0.560. The zero-order chi connectivity index (χ0) is 23.0. The van der Waals surface area contributed by atoms with Gasteiger partial charge in [0.05, 0.1) is 11.8 Å². The van der Waals surface area contributed by atoms with Crippen molar-refractivity contribution in [2.75, 3.05) is 7.05 Å². The minimum atomic E-state index is -0.783. The second-order valence-electron chi connectivity index (χ2n) is 9.77. The molecule has 2 aliphatic carbocycles. The average Bonchev–Trinajstić information content (AvgIpc) is 3.26. The Morgan fingerprint density at radius 1 is 1.19 bits per heavy atom. The minimum absolute atomic E-state index is 0.00580. The second kappa shape index (κ2) is 8.84. The lowest BCUT2D eigenvalue weighted by Crippen LogP contribution is -2.43. The molecule has 2 aliphatic rings. The van der Waals surface area contributed by atoms with Gasteiger partial charge >= 0.3 is 12.1 Å². The summed E-state index contributed by atoms with van der Waals surface area (Å²) in [5, 5.41) is 10.2. The molecule has 4 rings (SSSR count). The van der Waals surface area contributed by atoms with Crippen molar-refractivity contribution in [1.29, 1.82) is 0 Å². The second-order valence-corrected chi connectivity index (χ2v) is 10.9. The van der Waals surface area contributed by atoms with Gasteiger partial charge in [0.25, 0.3) is 0 Å². The highest BCUT2D eigenvalue weighted by Crippen LogP contribution is 2.47. The van der Waals surface area contributed by atoms with Gasteiger partial charge in [0.2, 0.25) is 5.88 Å². The van der Waals surface area contributed by atoms with Gasteiger partial charge in [0.1, 0.15) is 22.9 Å². The Labute approximate surface area is 191 Å². The molecular weight excluding hydrogens is 430 g/mol. The van der Waals surface area contributed by atoms with E-state index in [1.165, 1.54) is 11.2 Å². The SMILES string of the molecule is CN(C(=O)OC(C)(C)C)[C@H]1CC[C@H](Oc2ncnc3sc4c(c23)[C@H](CC(=O)O)CC4)CC1. The number of nitrogens with zero attached hydrogens (tertiary/aromatic N) is 3. The number of aromatic nitrogens is 2. The van der Waals surface area contributed by atoms with Crippen LogP contribution in [-0.2, 0) is 16.0 Å². The molecule has 0 aliphatic heterocycles. The standard InChI is InChI=1S/C23H31N3O5S/c1-23(2,3)31-22(29)26(4)14-6-8-15(9-7-14)30-20-19-18-13(11-17(27)28)5-10-16(18)32-21(19)25-12-24-20/h12-15H,5-11H2,1-4H3,(H,27,28)/t13-,14-,15-/m0/s1. The molecule has 1 saturated carbocycles. The predicted molar refractivity (Wildman–Crippen MR) is 121 cm³/mol. The Morgan fingerprint density at radius 3 is 2.56 bits per heavy atom. The lowest BCUT2D eigenvalue weighted by Gasteiger charge is -2.35. The van der Waals surface area contributed by atoms with E-state index in [0.717, 1.165) is 54.3 Å². The predicted octanol–water partition coefficient (Wildman–Crippen LogP) is 4.75. The fourth-order valence-corrected chi connectivity index (χ4v) is 5.97. The summed E-state index contributed by atoms with van der Waals surface area (Å²) in [7, 11) is 1.80. The number of thiophene rings is 1. The van der Waals surface area contributed by atoms with E-state index in [0.29, 0.717) is 5.88 Å². The van der Waals surface area contributed by atoms with Gasteiger partial charge in [0, 0.05) is 18.0 Å². The molecule has 0 unspecified atom stereocenters. The van der Waals surface area contributed by atoms with Crippen LogP contribution in [0.25, 0.3) is 10.2 Å². The van der Waals surface area contributed by atoms with E-state index in [9.17, 15) is 14.7 Å². The maximum atomic E-state index is 12.4. The number of carboxylic acids is 1. The number of fused-ring (bicyclic) bond motifs is 3. The van der Waals surface area contributed by atoms with Gasteiger partial charge in [-0.25, -0.2) is 14.8 Å². The topological polar surface area (TPSA) is 102 Å². The molecule has 0 radical (unpaired) electrons. The van der Waals surface area contributed by atoms with Crippen molar-refractivity contribution < 1.29 is 24.2 Å². The quantitative estimate of drug-likeness (QED) is 0.685. The molecule has 32 heavy (non-hydrogen) atoms. The molecule has 8 nitrogen and oxygen atoms in total. The number of aliphatic carboxylic acids is 1. The Morgan fingerprint density at radius 2 is 1.91 bits per heavy atom. The van der Waals surface area contributed by atoms with Crippen LogP contribution in [0.2, 0.25) is 0 Å². The van der Waals surface area contributed by atoms with E-state index in [-0.39, 0.29) is 30.6 Å². The van der Waals surface area contributed by atoms with Crippen LogP contribution >= 0.6 is 11.3 Å². The van der Waals surface area contributed by atoms with Crippen molar-refractivity contribution in [2.45, 2.75) is 89.4 Å². The Kier molecular flexibility index (Phi) is 6.29. The third kappa shape index (κ3) is 4.82. The summed E-state index contributed by atoms with van der Waals surface area (Å²) >= 11 is 1.62.